The molecule has 0 saturated heterocycles. The van der Waals surface area contributed by atoms with E-state index in [1.807, 2.05) is 42.6 Å². The zero-order chi connectivity index (χ0) is 11.5. The molecule has 0 bridgehead atoms. The van der Waals surface area contributed by atoms with Gasteiger partial charge < -0.3 is 5.73 Å². The van der Waals surface area contributed by atoms with E-state index in [2.05, 4.69) is 0 Å². The fourth-order valence-electron chi connectivity index (χ4n) is 1.53. The second kappa shape index (κ2) is 4.60. The predicted octanol–water partition coefficient (Wildman–Crippen LogP) is 2.75. The van der Waals surface area contributed by atoms with Gasteiger partial charge in [-0.2, -0.15) is 0 Å². The number of hydrogen-bond donors (Lipinski definition) is 1. The van der Waals surface area contributed by atoms with E-state index < -0.39 is 0 Å². The lowest BCUT2D eigenvalue weighted by atomic mass is 10.1. The van der Waals surface area contributed by atoms with E-state index in [4.69, 9.17) is 5.73 Å². The predicted molar refractivity (Wildman–Crippen MR) is 66.8 cm³/mol. The molecule has 3 heteroatoms. The van der Waals surface area contributed by atoms with Gasteiger partial charge in [0.15, 0.2) is 0 Å². The standard InChI is InChI=1S/C13H13NOS/c1-9-6-7-16-13(9)12(15)11-4-2-10(8-14)3-5-11/h2-7H,8,14H2,1H3. The Hall–Kier alpha value is -1.45. The Kier molecular flexibility index (Phi) is 3.17. The van der Waals surface area contributed by atoms with Crippen LogP contribution in [0.3, 0.4) is 0 Å². The molecule has 2 aromatic rings. The monoisotopic (exact) mass is 231 g/mol. The molecular formula is C13H13NOS. The Bertz CT molecular complexity index is 499. The third-order valence-electron chi connectivity index (χ3n) is 2.52. The lowest BCUT2D eigenvalue weighted by Gasteiger charge is -2.01. The lowest BCUT2D eigenvalue weighted by molar-refractivity contribution is 0.104. The van der Waals surface area contributed by atoms with E-state index in [0.29, 0.717) is 6.54 Å². The van der Waals surface area contributed by atoms with Crippen molar-refractivity contribution in [2.24, 2.45) is 5.73 Å². The Morgan fingerprint density at radius 1 is 1.25 bits per heavy atom. The summed E-state index contributed by atoms with van der Waals surface area (Å²) in [6, 6.07) is 9.44. The smallest absolute Gasteiger partial charge is 0.203 e. The van der Waals surface area contributed by atoms with Crippen LogP contribution in [0.25, 0.3) is 0 Å². The van der Waals surface area contributed by atoms with Crippen LogP contribution in [-0.4, -0.2) is 5.78 Å². The van der Waals surface area contributed by atoms with Crippen molar-refractivity contribution >= 4 is 17.1 Å². The second-order valence-electron chi connectivity index (χ2n) is 3.66. The maximum atomic E-state index is 12.1. The minimum Gasteiger partial charge on any atom is -0.326 e. The molecule has 1 aromatic carbocycles. The first-order chi connectivity index (χ1) is 7.72. The molecule has 16 heavy (non-hydrogen) atoms. The lowest BCUT2D eigenvalue weighted by Crippen LogP contribution is -2.02. The molecule has 0 aliphatic carbocycles. The molecule has 0 fully saturated rings. The summed E-state index contributed by atoms with van der Waals surface area (Å²) in [4.78, 5) is 12.9. The van der Waals surface area contributed by atoms with Gasteiger partial charge in [0.1, 0.15) is 0 Å². The number of hydrogen-bond acceptors (Lipinski definition) is 3. The highest BCUT2D eigenvalue weighted by molar-refractivity contribution is 7.12. The molecule has 2 rings (SSSR count). The average Bonchev–Trinajstić information content (AvgIpc) is 2.75. The van der Waals surface area contributed by atoms with Gasteiger partial charge >= 0.3 is 0 Å². The molecule has 0 atom stereocenters. The van der Waals surface area contributed by atoms with Crippen molar-refractivity contribution in [3.05, 3.63) is 57.3 Å². The van der Waals surface area contributed by atoms with E-state index in [1.165, 1.54) is 11.3 Å². The van der Waals surface area contributed by atoms with Gasteiger partial charge in [-0.25, -0.2) is 0 Å². The largest absolute Gasteiger partial charge is 0.326 e. The van der Waals surface area contributed by atoms with Gasteiger partial charge in [0.05, 0.1) is 4.88 Å². The van der Waals surface area contributed by atoms with E-state index in [-0.39, 0.29) is 5.78 Å². The van der Waals surface area contributed by atoms with Crippen molar-refractivity contribution < 1.29 is 4.79 Å². The van der Waals surface area contributed by atoms with Gasteiger partial charge in [-0.1, -0.05) is 24.3 Å². The third kappa shape index (κ3) is 2.05. The fourth-order valence-corrected chi connectivity index (χ4v) is 2.42. The van der Waals surface area contributed by atoms with Gasteiger partial charge in [-0.15, -0.1) is 11.3 Å². The molecule has 0 amide bonds. The second-order valence-corrected chi connectivity index (χ2v) is 4.58. The van der Waals surface area contributed by atoms with Crippen molar-refractivity contribution in [2.45, 2.75) is 13.5 Å². The van der Waals surface area contributed by atoms with Gasteiger partial charge in [0.2, 0.25) is 5.78 Å². The van der Waals surface area contributed by atoms with Crippen molar-refractivity contribution in [3.8, 4) is 0 Å². The van der Waals surface area contributed by atoms with Gasteiger partial charge in [0, 0.05) is 12.1 Å². The number of thiophene rings is 1. The zero-order valence-corrected chi connectivity index (χ0v) is 9.88. The van der Waals surface area contributed by atoms with E-state index in [1.54, 1.807) is 0 Å². The summed E-state index contributed by atoms with van der Waals surface area (Å²) < 4.78 is 0. The number of carbonyl (C=O) groups is 1. The molecule has 0 radical (unpaired) electrons. The molecule has 1 aromatic heterocycles. The van der Waals surface area contributed by atoms with Crippen molar-refractivity contribution in [1.82, 2.24) is 0 Å². The molecular weight excluding hydrogens is 218 g/mol. The highest BCUT2D eigenvalue weighted by Crippen LogP contribution is 2.20. The number of ketones is 1. The third-order valence-corrected chi connectivity index (χ3v) is 3.54. The summed E-state index contributed by atoms with van der Waals surface area (Å²) in [7, 11) is 0. The molecule has 0 spiro atoms. The summed E-state index contributed by atoms with van der Waals surface area (Å²) >= 11 is 1.49. The van der Waals surface area contributed by atoms with Gasteiger partial charge in [0.25, 0.3) is 0 Å². The Balaban J connectivity index is 2.31. The molecule has 2 N–H and O–H groups in total. The van der Waals surface area contributed by atoms with Crippen molar-refractivity contribution in [1.29, 1.82) is 0 Å². The van der Waals surface area contributed by atoms with Crippen LogP contribution in [0, 0.1) is 6.92 Å². The minimum absolute atomic E-state index is 0.0936. The molecule has 82 valence electrons. The summed E-state index contributed by atoms with van der Waals surface area (Å²) in [6.45, 7) is 2.46. The van der Waals surface area contributed by atoms with Crippen LogP contribution in [-0.2, 0) is 6.54 Å². The summed E-state index contributed by atoms with van der Waals surface area (Å²) in [6.07, 6.45) is 0. The Morgan fingerprint density at radius 2 is 1.94 bits per heavy atom. The normalized spacial score (nSPS) is 10.4. The quantitative estimate of drug-likeness (QED) is 0.825. The topological polar surface area (TPSA) is 43.1 Å². The number of aryl methyl sites for hydroxylation is 1. The molecule has 1 heterocycles. The number of nitrogens with two attached hydrogens (primary N) is 1. The van der Waals surface area contributed by atoms with E-state index >= 15 is 0 Å². The van der Waals surface area contributed by atoms with Crippen molar-refractivity contribution in [2.75, 3.05) is 0 Å². The molecule has 0 saturated carbocycles. The van der Waals surface area contributed by atoms with Crippen LogP contribution in [0.4, 0.5) is 0 Å². The van der Waals surface area contributed by atoms with E-state index in [9.17, 15) is 4.79 Å². The van der Waals surface area contributed by atoms with Crippen molar-refractivity contribution in [3.63, 3.8) is 0 Å². The average molecular weight is 231 g/mol. The first kappa shape index (κ1) is 11.0. The minimum atomic E-state index is 0.0936. The number of carbonyl (C=O) groups excluding carboxylic acids is 1. The zero-order valence-electron chi connectivity index (χ0n) is 9.07. The van der Waals surface area contributed by atoms with Crippen LogP contribution >= 0.6 is 11.3 Å². The SMILES string of the molecule is Cc1ccsc1C(=O)c1ccc(CN)cc1. The van der Waals surface area contributed by atoms with Crippen LogP contribution in [0.1, 0.15) is 26.4 Å². The molecule has 0 aliphatic rings. The maximum Gasteiger partial charge on any atom is 0.203 e. The first-order valence-corrected chi connectivity index (χ1v) is 5.98. The summed E-state index contributed by atoms with van der Waals surface area (Å²) in [5.74, 6) is 0.0936. The van der Waals surface area contributed by atoms with Crippen LogP contribution in [0.5, 0.6) is 0 Å². The van der Waals surface area contributed by atoms with Crippen LogP contribution in [0.15, 0.2) is 35.7 Å². The highest BCUT2D eigenvalue weighted by atomic mass is 32.1. The van der Waals surface area contributed by atoms with Crippen LogP contribution in [0.2, 0.25) is 0 Å². The highest BCUT2D eigenvalue weighted by Gasteiger charge is 2.12. The number of benzene rings is 1. The Morgan fingerprint density at radius 3 is 2.44 bits per heavy atom. The molecule has 2 nitrogen and oxygen atoms in total. The molecule has 0 unspecified atom stereocenters. The van der Waals surface area contributed by atoms with E-state index in [0.717, 1.165) is 21.6 Å². The summed E-state index contributed by atoms with van der Waals surface area (Å²) in [5.41, 5.74) is 8.32. The first-order valence-electron chi connectivity index (χ1n) is 5.10. The fraction of sp³-hybridized carbons (Fsp3) is 0.154. The van der Waals surface area contributed by atoms with Crippen LogP contribution < -0.4 is 5.73 Å². The van der Waals surface area contributed by atoms with Gasteiger partial charge in [-0.3, -0.25) is 4.79 Å². The Labute approximate surface area is 98.7 Å². The molecule has 0 aliphatic heterocycles. The maximum absolute atomic E-state index is 12.1. The summed E-state index contributed by atoms with van der Waals surface area (Å²) in [5, 5.41) is 1.94. The van der Waals surface area contributed by atoms with Gasteiger partial charge in [-0.05, 0) is 29.5 Å². The number of rotatable bonds is 3.